The number of hydrogen-bond donors (Lipinski definition) is 2. The van der Waals surface area contributed by atoms with Crippen LogP contribution in [0.5, 0.6) is 0 Å². The number of likely N-dealkylation sites (tertiary alicyclic amines) is 1. The molecule has 0 aromatic heterocycles. The van der Waals surface area contributed by atoms with Crippen molar-refractivity contribution in [2.45, 2.75) is 32.6 Å². The van der Waals surface area contributed by atoms with E-state index in [9.17, 15) is 0 Å². The van der Waals surface area contributed by atoms with Crippen LogP contribution >= 0.6 is 0 Å². The monoisotopic (exact) mass is 238 g/mol. The van der Waals surface area contributed by atoms with E-state index < -0.39 is 0 Å². The van der Waals surface area contributed by atoms with E-state index in [2.05, 4.69) is 27.4 Å². The smallest absolute Gasteiger partial charge is 0.191 e. The van der Waals surface area contributed by atoms with Gasteiger partial charge in [0.25, 0.3) is 0 Å². The highest BCUT2D eigenvalue weighted by molar-refractivity contribution is 5.80. The number of hydrogen-bond acceptors (Lipinski definition) is 4. The fourth-order valence-electron chi connectivity index (χ4n) is 2.64. The molecule has 17 heavy (non-hydrogen) atoms. The van der Waals surface area contributed by atoms with Crippen LogP contribution in [0, 0.1) is 5.92 Å². The Morgan fingerprint density at radius 2 is 2.24 bits per heavy atom. The lowest BCUT2D eigenvalue weighted by Crippen LogP contribution is -2.42. The Morgan fingerprint density at radius 3 is 2.88 bits per heavy atom. The largest absolute Gasteiger partial charge is 0.356 e. The van der Waals surface area contributed by atoms with Gasteiger partial charge in [0.15, 0.2) is 5.96 Å². The number of nitrogens with one attached hydrogen (secondary N) is 2. The van der Waals surface area contributed by atoms with E-state index >= 15 is 0 Å². The Kier molecular flexibility index (Phi) is 5.10. The van der Waals surface area contributed by atoms with Gasteiger partial charge in [-0.05, 0) is 51.2 Å². The molecule has 2 aliphatic heterocycles. The van der Waals surface area contributed by atoms with Crippen LogP contribution in [0.15, 0.2) is 4.99 Å². The minimum atomic E-state index is 0.912. The number of aliphatic imine (C=N–C) groups is 1. The predicted octanol–water partition coefficient (Wildman–Crippen LogP) is 1.05. The van der Waals surface area contributed by atoms with Crippen molar-refractivity contribution in [3.05, 3.63) is 0 Å². The standard InChI is InChI=1S/C13H26N4/c1-2-17-10-5-12(6-11-17)4-9-16-13-14-7-3-8-15-13/h12H,2-11H2,1H3,(H2,14,15,16). The molecular weight excluding hydrogens is 212 g/mol. The molecule has 0 unspecified atom stereocenters. The SMILES string of the molecule is CCN1CCC(CCNC2=NCCCN2)CC1. The van der Waals surface area contributed by atoms with Crippen molar-refractivity contribution in [2.75, 3.05) is 39.3 Å². The second-order valence-corrected chi connectivity index (χ2v) is 5.10. The lowest BCUT2D eigenvalue weighted by atomic mass is 9.93. The summed E-state index contributed by atoms with van der Waals surface area (Å²) >= 11 is 0. The molecular formula is C13H26N4. The molecule has 0 aromatic rings. The molecule has 98 valence electrons. The third kappa shape index (κ3) is 4.19. The highest BCUT2D eigenvalue weighted by atomic mass is 15.2. The third-order valence-corrected chi connectivity index (χ3v) is 3.90. The fourth-order valence-corrected chi connectivity index (χ4v) is 2.64. The van der Waals surface area contributed by atoms with Gasteiger partial charge in [0.1, 0.15) is 0 Å². The lowest BCUT2D eigenvalue weighted by molar-refractivity contribution is 0.187. The van der Waals surface area contributed by atoms with Gasteiger partial charge in [-0.25, -0.2) is 0 Å². The van der Waals surface area contributed by atoms with Crippen LogP contribution in [0.3, 0.4) is 0 Å². The summed E-state index contributed by atoms with van der Waals surface area (Å²) in [5.74, 6) is 1.93. The van der Waals surface area contributed by atoms with Crippen LogP contribution in [0.1, 0.15) is 32.6 Å². The molecule has 2 rings (SSSR count). The summed E-state index contributed by atoms with van der Waals surface area (Å²) in [6.45, 7) is 9.18. The van der Waals surface area contributed by atoms with Gasteiger partial charge in [0.2, 0.25) is 0 Å². The van der Waals surface area contributed by atoms with Crippen molar-refractivity contribution in [3.63, 3.8) is 0 Å². The molecule has 0 radical (unpaired) electrons. The number of nitrogens with zero attached hydrogens (tertiary/aromatic N) is 2. The fraction of sp³-hybridized carbons (Fsp3) is 0.923. The highest BCUT2D eigenvalue weighted by Crippen LogP contribution is 2.19. The first-order valence-corrected chi connectivity index (χ1v) is 7.13. The van der Waals surface area contributed by atoms with Crippen molar-refractivity contribution in [2.24, 2.45) is 10.9 Å². The first-order chi connectivity index (χ1) is 8.38. The van der Waals surface area contributed by atoms with Gasteiger partial charge in [-0.1, -0.05) is 6.92 Å². The van der Waals surface area contributed by atoms with E-state index in [0.717, 1.165) is 31.5 Å². The van der Waals surface area contributed by atoms with Crippen LogP contribution in [0.4, 0.5) is 0 Å². The molecule has 0 atom stereocenters. The molecule has 4 heteroatoms. The summed E-state index contributed by atoms with van der Waals surface area (Å²) in [5, 5.41) is 6.72. The molecule has 2 heterocycles. The molecule has 0 aromatic carbocycles. The van der Waals surface area contributed by atoms with Crippen LogP contribution < -0.4 is 10.6 Å². The van der Waals surface area contributed by atoms with Crippen molar-refractivity contribution in [1.82, 2.24) is 15.5 Å². The Morgan fingerprint density at radius 1 is 1.41 bits per heavy atom. The van der Waals surface area contributed by atoms with Gasteiger partial charge in [0.05, 0.1) is 0 Å². The zero-order valence-electron chi connectivity index (χ0n) is 11.0. The molecule has 0 spiro atoms. The van der Waals surface area contributed by atoms with E-state index in [-0.39, 0.29) is 0 Å². The van der Waals surface area contributed by atoms with Crippen LogP contribution in [0.2, 0.25) is 0 Å². The van der Waals surface area contributed by atoms with E-state index in [1.54, 1.807) is 0 Å². The van der Waals surface area contributed by atoms with E-state index in [1.165, 1.54) is 45.3 Å². The predicted molar refractivity (Wildman–Crippen MR) is 72.4 cm³/mol. The maximum atomic E-state index is 4.42. The summed E-state index contributed by atoms with van der Waals surface area (Å²) < 4.78 is 0. The molecule has 4 nitrogen and oxygen atoms in total. The summed E-state index contributed by atoms with van der Waals surface area (Å²) in [5.41, 5.74) is 0. The molecule has 1 fully saturated rings. The van der Waals surface area contributed by atoms with Crippen LogP contribution in [0.25, 0.3) is 0 Å². The molecule has 0 aliphatic carbocycles. The van der Waals surface area contributed by atoms with Crippen LogP contribution in [-0.2, 0) is 0 Å². The Hall–Kier alpha value is -0.770. The van der Waals surface area contributed by atoms with Gasteiger partial charge < -0.3 is 15.5 Å². The average molecular weight is 238 g/mol. The first-order valence-electron chi connectivity index (χ1n) is 7.13. The van der Waals surface area contributed by atoms with Gasteiger partial charge in [-0.3, -0.25) is 4.99 Å². The van der Waals surface area contributed by atoms with Crippen molar-refractivity contribution < 1.29 is 0 Å². The minimum Gasteiger partial charge on any atom is -0.356 e. The van der Waals surface area contributed by atoms with Gasteiger partial charge >= 0.3 is 0 Å². The molecule has 2 N–H and O–H groups in total. The summed E-state index contributed by atoms with van der Waals surface area (Å²) in [4.78, 5) is 6.98. The maximum absolute atomic E-state index is 4.42. The van der Waals surface area contributed by atoms with Crippen LogP contribution in [-0.4, -0.2) is 50.1 Å². The molecule has 2 aliphatic rings. The molecule has 0 saturated carbocycles. The quantitative estimate of drug-likeness (QED) is 0.769. The molecule has 0 bridgehead atoms. The number of piperidine rings is 1. The topological polar surface area (TPSA) is 39.7 Å². The van der Waals surface area contributed by atoms with Gasteiger partial charge in [-0.2, -0.15) is 0 Å². The summed E-state index contributed by atoms with van der Waals surface area (Å²) in [7, 11) is 0. The zero-order valence-corrected chi connectivity index (χ0v) is 11.0. The maximum Gasteiger partial charge on any atom is 0.191 e. The Labute approximate surface area is 105 Å². The van der Waals surface area contributed by atoms with Gasteiger partial charge in [-0.15, -0.1) is 0 Å². The van der Waals surface area contributed by atoms with E-state index in [1.807, 2.05) is 0 Å². The Balaban J connectivity index is 1.58. The minimum absolute atomic E-state index is 0.912. The van der Waals surface area contributed by atoms with Crippen molar-refractivity contribution in [3.8, 4) is 0 Å². The summed E-state index contributed by atoms with van der Waals surface area (Å²) in [6.07, 6.45) is 5.20. The molecule has 1 saturated heterocycles. The normalized spacial score (nSPS) is 23.0. The third-order valence-electron chi connectivity index (χ3n) is 3.90. The zero-order chi connectivity index (χ0) is 11.9. The molecule has 0 amide bonds. The second-order valence-electron chi connectivity index (χ2n) is 5.10. The van der Waals surface area contributed by atoms with Crippen molar-refractivity contribution >= 4 is 5.96 Å². The average Bonchev–Trinajstić information content (AvgIpc) is 2.41. The summed E-state index contributed by atoms with van der Waals surface area (Å²) in [6, 6.07) is 0. The highest BCUT2D eigenvalue weighted by Gasteiger charge is 2.17. The van der Waals surface area contributed by atoms with Crippen molar-refractivity contribution in [1.29, 1.82) is 0 Å². The second kappa shape index (κ2) is 6.84. The van der Waals surface area contributed by atoms with E-state index in [4.69, 9.17) is 0 Å². The number of rotatable bonds is 4. The van der Waals surface area contributed by atoms with Gasteiger partial charge in [0, 0.05) is 19.6 Å². The lowest BCUT2D eigenvalue weighted by Gasteiger charge is -2.31. The first kappa shape index (κ1) is 12.7. The number of guanidine groups is 1. The van der Waals surface area contributed by atoms with E-state index in [0.29, 0.717) is 0 Å². The Bertz CT molecular complexity index is 244.